The average Bonchev–Trinajstić information content (AvgIpc) is 3.21. The zero-order chi connectivity index (χ0) is 21.7. The number of ether oxygens (including phenoxy) is 3. The SMILES string of the molecule is COc1c(C(=O)/C=C\c2ccc(O)cc2)c(OCCN(C)C)c(OC)c2occc12. The van der Waals surface area contributed by atoms with Crippen molar-refractivity contribution in [2.45, 2.75) is 0 Å². The minimum atomic E-state index is -0.304. The molecule has 1 heterocycles. The van der Waals surface area contributed by atoms with Gasteiger partial charge < -0.3 is 28.6 Å². The van der Waals surface area contributed by atoms with Gasteiger partial charge in [-0.05, 0) is 43.9 Å². The molecule has 0 bridgehead atoms. The van der Waals surface area contributed by atoms with Gasteiger partial charge in [0, 0.05) is 6.54 Å². The fourth-order valence-electron chi connectivity index (χ4n) is 3.05. The van der Waals surface area contributed by atoms with Crippen LogP contribution in [0.3, 0.4) is 0 Å². The van der Waals surface area contributed by atoms with E-state index < -0.39 is 0 Å². The van der Waals surface area contributed by atoms with E-state index in [1.165, 1.54) is 26.6 Å². The largest absolute Gasteiger partial charge is 0.508 e. The van der Waals surface area contributed by atoms with Crippen LogP contribution in [-0.2, 0) is 0 Å². The third kappa shape index (κ3) is 4.41. The second-order valence-corrected chi connectivity index (χ2v) is 6.87. The smallest absolute Gasteiger partial charge is 0.205 e. The molecular formula is C23H25NO6. The summed E-state index contributed by atoms with van der Waals surface area (Å²) in [7, 11) is 6.87. The molecule has 1 aromatic heterocycles. The normalized spacial score (nSPS) is 11.4. The van der Waals surface area contributed by atoms with Crippen molar-refractivity contribution >= 4 is 22.8 Å². The Kier molecular flexibility index (Phi) is 6.64. The molecule has 0 atom stereocenters. The molecule has 0 unspecified atom stereocenters. The van der Waals surface area contributed by atoms with E-state index in [0.717, 1.165) is 5.56 Å². The topological polar surface area (TPSA) is 81.4 Å². The quantitative estimate of drug-likeness (QED) is 0.421. The molecule has 0 fully saturated rings. The Balaban J connectivity index is 2.09. The number of carbonyl (C=O) groups excluding carboxylic acids is 1. The van der Waals surface area contributed by atoms with Crippen molar-refractivity contribution in [3.8, 4) is 23.0 Å². The van der Waals surface area contributed by atoms with Crippen LogP contribution in [0.25, 0.3) is 17.0 Å². The number of nitrogens with zero attached hydrogens (tertiary/aromatic N) is 1. The number of ketones is 1. The molecule has 1 N–H and O–H groups in total. The van der Waals surface area contributed by atoms with Crippen molar-refractivity contribution in [1.82, 2.24) is 4.90 Å². The number of benzene rings is 2. The van der Waals surface area contributed by atoms with Crippen molar-refractivity contribution in [2.75, 3.05) is 41.5 Å². The standard InChI is InChI=1S/C23H25NO6/c1-24(2)12-14-30-22-19(18(26)10-7-15-5-8-16(25)9-6-15)20(27-3)17-11-13-29-21(17)23(22)28-4/h5-11,13,25H,12,14H2,1-4H3/b10-7-. The predicted octanol–water partition coefficient (Wildman–Crippen LogP) is 3.99. The number of fused-ring (bicyclic) bond motifs is 1. The number of methoxy groups -OCH3 is 2. The Morgan fingerprint density at radius 3 is 2.40 bits per heavy atom. The first-order chi connectivity index (χ1) is 14.5. The monoisotopic (exact) mass is 411 g/mol. The maximum Gasteiger partial charge on any atom is 0.205 e. The molecule has 0 radical (unpaired) electrons. The van der Waals surface area contributed by atoms with Crippen LogP contribution in [0.4, 0.5) is 0 Å². The zero-order valence-corrected chi connectivity index (χ0v) is 17.5. The lowest BCUT2D eigenvalue weighted by Gasteiger charge is -2.18. The Morgan fingerprint density at radius 2 is 1.77 bits per heavy atom. The average molecular weight is 411 g/mol. The Bertz CT molecular complexity index is 1050. The second kappa shape index (κ2) is 9.37. The molecule has 3 rings (SSSR count). The van der Waals surface area contributed by atoms with Gasteiger partial charge in [0.2, 0.25) is 5.75 Å². The highest BCUT2D eigenvalue weighted by molar-refractivity contribution is 6.15. The molecule has 30 heavy (non-hydrogen) atoms. The van der Waals surface area contributed by atoms with Crippen molar-refractivity contribution < 1.29 is 28.5 Å². The first-order valence-corrected chi connectivity index (χ1v) is 9.40. The number of rotatable bonds is 9. The molecule has 0 spiro atoms. The van der Waals surface area contributed by atoms with Crippen LogP contribution in [0, 0.1) is 0 Å². The van der Waals surface area contributed by atoms with Gasteiger partial charge in [-0.25, -0.2) is 0 Å². The molecular weight excluding hydrogens is 386 g/mol. The molecule has 0 aliphatic carbocycles. The van der Waals surface area contributed by atoms with Gasteiger partial charge in [-0.1, -0.05) is 18.2 Å². The van der Waals surface area contributed by atoms with Crippen molar-refractivity contribution in [3.63, 3.8) is 0 Å². The summed E-state index contributed by atoms with van der Waals surface area (Å²) in [5.74, 6) is 0.836. The van der Waals surface area contributed by atoms with Crippen LogP contribution < -0.4 is 14.2 Å². The van der Waals surface area contributed by atoms with E-state index in [1.807, 2.05) is 19.0 Å². The van der Waals surface area contributed by atoms with Gasteiger partial charge in [-0.3, -0.25) is 4.79 Å². The van der Waals surface area contributed by atoms with E-state index in [0.29, 0.717) is 35.6 Å². The minimum absolute atomic E-state index is 0.159. The van der Waals surface area contributed by atoms with Crippen LogP contribution in [0.15, 0.2) is 47.1 Å². The maximum absolute atomic E-state index is 13.2. The summed E-state index contributed by atoms with van der Waals surface area (Å²) in [5, 5.41) is 10.0. The summed E-state index contributed by atoms with van der Waals surface area (Å²) in [5.41, 5.74) is 1.48. The Labute approximate surface area is 175 Å². The highest BCUT2D eigenvalue weighted by Crippen LogP contribution is 2.46. The maximum atomic E-state index is 13.2. The van der Waals surface area contributed by atoms with Crippen LogP contribution >= 0.6 is 0 Å². The molecule has 0 amide bonds. The molecule has 7 nitrogen and oxygen atoms in total. The highest BCUT2D eigenvalue weighted by Gasteiger charge is 2.28. The second-order valence-electron chi connectivity index (χ2n) is 6.87. The van der Waals surface area contributed by atoms with Crippen molar-refractivity contribution in [3.05, 3.63) is 53.8 Å². The van der Waals surface area contributed by atoms with Gasteiger partial charge >= 0.3 is 0 Å². The number of phenolic OH excluding ortho intramolecular Hbond substituents is 1. The first kappa shape index (κ1) is 21.3. The van der Waals surface area contributed by atoms with Crippen LogP contribution in [0.5, 0.6) is 23.0 Å². The van der Waals surface area contributed by atoms with Gasteiger partial charge in [0.15, 0.2) is 17.1 Å². The molecule has 158 valence electrons. The van der Waals surface area contributed by atoms with Gasteiger partial charge in [0.05, 0.1) is 25.9 Å². The van der Waals surface area contributed by atoms with Gasteiger partial charge in [0.25, 0.3) is 0 Å². The number of allylic oxidation sites excluding steroid dienone is 1. The Hall–Kier alpha value is -3.45. The number of hydrogen-bond donors (Lipinski definition) is 1. The fraction of sp³-hybridized carbons (Fsp3) is 0.261. The number of carbonyl (C=O) groups is 1. The van der Waals surface area contributed by atoms with E-state index in [1.54, 1.807) is 36.4 Å². The lowest BCUT2D eigenvalue weighted by atomic mass is 10.0. The number of hydrogen-bond acceptors (Lipinski definition) is 7. The van der Waals surface area contributed by atoms with Crippen LogP contribution in [0.1, 0.15) is 15.9 Å². The van der Waals surface area contributed by atoms with E-state index in [2.05, 4.69) is 0 Å². The van der Waals surface area contributed by atoms with E-state index in [4.69, 9.17) is 18.6 Å². The number of furan rings is 1. The molecule has 0 saturated heterocycles. The van der Waals surface area contributed by atoms with Gasteiger partial charge in [0.1, 0.15) is 23.7 Å². The van der Waals surface area contributed by atoms with Gasteiger partial charge in [-0.2, -0.15) is 0 Å². The third-order valence-corrected chi connectivity index (χ3v) is 4.54. The van der Waals surface area contributed by atoms with Crippen molar-refractivity contribution in [1.29, 1.82) is 0 Å². The van der Waals surface area contributed by atoms with Crippen molar-refractivity contribution in [2.24, 2.45) is 0 Å². The fourth-order valence-corrected chi connectivity index (χ4v) is 3.05. The third-order valence-electron chi connectivity index (χ3n) is 4.54. The number of likely N-dealkylation sites (N-methyl/N-ethyl adjacent to an activating group) is 1. The number of aromatic hydroxyl groups is 1. The minimum Gasteiger partial charge on any atom is -0.508 e. The summed E-state index contributed by atoms with van der Waals surface area (Å²) >= 11 is 0. The summed E-state index contributed by atoms with van der Waals surface area (Å²) in [6.07, 6.45) is 4.62. The molecule has 0 saturated carbocycles. The summed E-state index contributed by atoms with van der Waals surface area (Å²) < 4.78 is 22.7. The van der Waals surface area contributed by atoms with E-state index in [-0.39, 0.29) is 22.8 Å². The lowest BCUT2D eigenvalue weighted by Crippen LogP contribution is -2.20. The zero-order valence-electron chi connectivity index (χ0n) is 17.5. The van der Waals surface area contributed by atoms with Crippen LogP contribution in [0.2, 0.25) is 0 Å². The Morgan fingerprint density at radius 1 is 1.07 bits per heavy atom. The molecule has 3 aromatic rings. The highest BCUT2D eigenvalue weighted by atomic mass is 16.5. The summed E-state index contributed by atoms with van der Waals surface area (Å²) in [6, 6.07) is 8.26. The predicted molar refractivity (Wildman–Crippen MR) is 115 cm³/mol. The lowest BCUT2D eigenvalue weighted by molar-refractivity contribution is 0.104. The summed E-state index contributed by atoms with van der Waals surface area (Å²) in [6.45, 7) is 0.999. The summed E-state index contributed by atoms with van der Waals surface area (Å²) in [4.78, 5) is 15.2. The molecule has 0 aliphatic heterocycles. The number of phenols is 1. The van der Waals surface area contributed by atoms with E-state index in [9.17, 15) is 9.90 Å². The molecule has 0 aliphatic rings. The van der Waals surface area contributed by atoms with E-state index >= 15 is 0 Å². The van der Waals surface area contributed by atoms with Gasteiger partial charge in [-0.15, -0.1) is 0 Å². The molecule has 7 heteroatoms. The van der Waals surface area contributed by atoms with Crippen LogP contribution in [-0.4, -0.2) is 57.3 Å². The first-order valence-electron chi connectivity index (χ1n) is 9.40. The molecule has 2 aromatic carbocycles.